The number of hydrogen-bond donors (Lipinski definition) is 1. The van der Waals surface area contributed by atoms with Gasteiger partial charge in [0, 0.05) is 13.5 Å². The summed E-state index contributed by atoms with van der Waals surface area (Å²) in [5, 5.41) is 8.62. The lowest BCUT2D eigenvalue weighted by Crippen LogP contribution is -2.01. The molecule has 15 heavy (non-hydrogen) atoms. The van der Waals surface area contributed by atoms with Crippen LogP contribution in [0.1, 0.15) is 23.1 Å². The molecule has 0 aromatic heterocycles. The number of rotatable bonds is 5. The lowest BCUT2D eigenvalue weighted by atomic mass is 10.0. The number of carboxylic acid groups (broad SMARTS) is 1. The van der Waals surface area contributed by atoms with Crippen LogP contribution < -0.4 is 0 Å². The number of aryl methyl sites for hydroxylation is 2. The number of carboxylic acids is 1. The molecule has 0 fully saturated rings. The van der Waals surface area contributed by atoms with E-state index in [2.05, 4.69) is 0 Å². The summed E-state index contributed by atoms with van der Waals surface area (Å²) in [7, 11) is 1.64. The standard InChI is InChI=1S/C12H16O3/c1-9-3-4-10(5-6-12(13)14)11(7-9)8-15-2/h3-4,7H,5-6,8H2,1-2H3,(H,13,14). The van der Waals surface area contributed by atoms with Gasteiger partial charge in [0.15, 0.2) is 0 Å². The van der Waals surface area contributed by atoms with Crippen molar-refractivity contribution < 1.29 is 14.6 Å². The minimum absolute atomic E-state index is 0.166. The van der Waals surface area contributed by atoms with E-state index in [0.717, 1.165) is 11.1 Å². The smallest absolute Gasteiger partial charge is 0.303 e. The van der Waals surface area contributed by atoms with Crippen LogP contribution in [0.25, 0.3) is 0 Å². The van der Waals surface area contributed by atoms with Gasteiger partial charge in [-0.1, -0.05) is 23.8 Å². The Morgan fingerprint density at radius 3 is 2.73 bits per heavy atom. The van der Waals surface area contributed by atoms with Crippen LogP contribution in [0, 0.1) is 6.92 Å². The summed E-state index contributed by atoms with van der Waals surface area (Å²) in [5.41, 5.74) is 3.31. The third-order valence-corrected chi connectivity index (χ3v) is 2.27. The van der Waals surface area contributed by atoms with E-state index in [1.54, 1.807) is 7.11 Å². The average Bonchev–Trinajstić information content (AvgIpc) is 2.17. The molecule has 1 aromatic rings. The third-order valence-electron chi connectivity index (χ3n) is 2.27. The molecule has 1 rings (SSSR count). The minimum Gasteiger partial charge on any atom is -0.481 e. The van der Waals surface area contributed by atoms with E-state index in [-0.39, 0.29) is 6.42 Å². The summed E-state index contributed by atoms with van der Waals surface area (Å²) < 4.78 is 5.08. The Bertz CT molecular complexity index is 345. The minimum atomic E-state index is -0.765. The van der Waals surface area contributed by atoms with Crippen molar-refractivity contribution in [2.45, 2.75) is 26.4 Å². The molecule has 0 heterocycles. The number of aliphatic carboxylic acids is 1. The first-order valence-corrected chi connectivity index (χ1v) is 4.92. The summed E-state index contributed by atoms with van der Waals surface area (Å²) in [6, 6.07) is 6.02. The molecule has 3 nitrogen and oxygen atoms in total. The van der Waals surface area contributed by atoms with E-state index in [0.29, 0.717) is 13.0 Å². The number of hydrogen-bond acceptors (Lipinski definition) is 2. The molecule has 0 atom stereocenters. The van der Waals surface area contributed by atoms with Gasteiger partial charge in [-0.15, -0.1) is 0 Å². The normalized spacial score (nSPS) is 10.3. The molecule has 1 aromatic carbocycles. The summed E-state index contributed by atoms with van der Waals surface area (Å²) >= 11 is 0. The molecule has 0 aliphatic rings. The Morgan fingerprint density at radius 2 is 2.13 bits per heavy atom. The van der Waals surface area contributed by atoms with Gasteiger partial charge in [0.25, 0.3) is 0 Å². The van der Waals surface area contributed by atoms with Crippen molar-refractivity contribution in [2.24, 2.45) is 0 Å². The Balaban J connectivity index is 2.80. The van der Waals surface area contributed by atoms with Gasteiger partial charge in [0.05, 0.1) is 6.61 Å². The monoisotopic (exact) mass is 208 g/mol. The fraction of sp³-hybridized carbons (Fsp3) is 0.417. The molecule has 82 valence electrons. The maximum absolute atomic E-state index is 10.5. The number of benzene rings is 1. The first kappa shape index (κ1) is 11.7. The van der Waals surface area contributed by atoms with Crippen molar-refractivity contribution in [3.05, 3.63) is 34.9 Å². The van der Waals surface area contributed by atoms with Crippen molar-refractivity contribution >= 4 is 5.97 Å². The van der Waals surface area contributed by atoms with Gasteiger partial charge in [-0.2, -0.15) is 0 Å². The second-order valence-electron chi connectivity index (χ2n) is 3.60. The topological polar surface area (TPSA) is 46.5 Å². The Hall–Kier alpha value is -1.35. The molecule has 0 aliphatic heterocycles. The van der Waals surface area contributed by atoms with Crippen LogP contribution in [0.2, 0.25) is 0 Å². The lowest BCUT2D eigenvalue weighted by molar-refractivity contribution is -0.136. The number of carbonyl (C=O) groups is 1. The Labute approximate surface area is 89.7 Å². The van der Waals surface area contributed by atoms with Gasteiger partial charge in [-0.25, -0.2) is 0 Å². The summed E-state index contributed by atoms with van der Waals surface area (Å²) in [5.74, 6) is -0.765. The quantitative estimate of drug-likeness (QED) is 0.806. The molecular weight excluding hydrogens is 192 g/mol. The van der Waals surface area contributed by atoms with Gasteiger partial charge in [0.1, 0.15) is 0 Å². The van der Waals surface area contributed by atoms with Crippen molar-refractivity contribution in [1.29, 1.82) is 0 Å². The molecule has 0 bridgehead atoms. The van der Waals surface area contributed by atoms with Gasteiger partial charge in [0.2, 0.25) is 0 Å². The van der Waals surface area contributed by atoms with Crippen LogP contribution in [-0.2, 0) is 22.6 Å². The molecule has 0 radical (unpaired) electrons. The highest BCUT2D eigenvalue weighted by molar-refractivity contribution is 5.67. The zero-order valence-electron chi connectivity index (χ0n) is 9.12. The second-order valence-corrected chi connectivity index (χ2v) is 3.60. The van der Waals surface area contributed by atoms with Gasteiger partial charge in [-0.05, 0) is 24.5 Å². The molecule has 0 unspecified atom stereocenters. The zero-order chi connectivity index (χ0) is 11.3. The number of methoxy groups -OCH3 is 1. The van der Waals surface area contributed by atoms with E-state index in [4.69, 9.17) is 9.84 Å². The highest BCUT2D eigenvalue weighted by atomic mass is 16.5. The molecule has 0 saturated carbocycles. The van der Waals surface area contributed by atoms with Crippen LogP contribution in [-0.4, -0.2) is 18.2 Å². The number of ether oxygens (including phenoxy) is 1. The maximum Gasteiger partial charge on any atom is 0.303 e. The van der Waals surface area contributed by atoms with Crippen molar-refractivity contribution in [1.82, 2.24) is 0 Å². The lowest BCUT2D eigenvalue weighted by Gasteiger charge is -2.08. The largest absolute Gasteiger partial charge is 0.481 e. The third kappa shape index (κ3) is 3.72. The molecule has 0 saturated heterocycles. The summed E-state index contributed by atoms with van der Waals surface area (Å²) in [6.45, 7) is 2.55. The fourth-order valence-corrected chi connectivity index (χ4v) is 1.53. The highest BCUT2D eigenvalue weighted by Gasteiger charge is 2.05. The van der Waals surface area contributed by atoms with E-state index < -0.39 is 5.97 Å². The first-order valence-electron chi connectivity index (χ1n) is 4.92. The van der Waals surface area contributed by atoms with E-state index in [1.807, 2.05) is 25.1 Å². The van der Waals surface area contributed by atoms with Gasteiger partial charge >= 0.3 is 5.97 Å². The van der Waals surface area contributed by atoms with Crippen molar-refractivity contribution in [3.63, 3.8) is 0 Å². The average molecular weight is 208 g/mol. The predicted octanol–water partition coefficient (Wildman–Crippen LogP) is 2.16. The first-order chi connectivity index (χ1) is 7.13. The summed E-state index contributed by atoms with van der Waals surface area (Å²) in [4.78, 5) is 10.5. The van der Waals surface area contributed by atoms with Crippen LogP contribution in [0.4, 0.5) is 0 Å². The molecule has 3 heteroatoms. The molecule has 0 aliphatic carbocycles. The zero-order valence-corrected chi connectivity index (χ0v) is 9.12. The Morgan fingerprint density at radius 1 is 1.40 bits per heavy atom. The molecule has 0 amide bonds. The van der Waals surface area contributed by atoms with Crippen LogP contribution >= 0.6 is 0 Å². The van der Waals surface area contributed by atoms with Crippen LogP contribution in [0.15, 0.2) is 18.2 Å². The van der Waals surface area contributed by atoms with Crippen LogP contribution in [0.5, 0.6) is 0 Å². The summed E-state index contributed by atoms with van der Waals surface area (Å²) in [6.07, 6.45) is 0.730. The van der Waals surface area contributed by atoms with Gasteiger partial charge in [-0.3, -0.25) is 4.79 Å². The van der Waals surface area contributed by atoms with Crippen LogP contribution in [0.3, 0.4) is 0 Å². The Kier molecular flexibility index (Phi) is 4.31. The van der Waals surface area contributed by atoms with E-state index >= 15 is 0 Å². The van der Waals surface area contributed by atoms with Crippen molar-refractivity contribution in [3.8, 4) is 0 Å². The van der Waals surface area contributed by atoms with E-state index in [1.165, 1.54) is 5.56 Å². The maximum atomic E-state index is 10.5. The molecule has 0 spiro atoms. The fourth-order valence-electron chi connectivity index (χ4n) is 1.53. The second kappa shape index (κ2) is 5.51. The van der Waals surface area contributed by atoms with Gasteiger partial charge < -0.3 is 9.84 Å². The highest BCUT2D eigenvalue weighted by Crippen LogP contribution is 2.14. The molecule has 1 N–H and O–H groups in total. The van der Waals surface area contributed by atoms with Crippen molar-refractivity contribution in [2.75, 3.05) is 7.11 Å². The SMILES string of the molecule is COCc1cc(C)ccc1CCC(=O)O. The predicted molar refractivity (Wildman–Crippen MR) is 57.8 cm³/mol. The molecular formula is C12H16O3. The van der Waals surface area contributed by atoms with E-state index in [9.17, 15) is 4.79 Å².